The van der Waals surface area contributed by atoms with Crippen LogP contribution in [0.25, 0.3) is 0 Å². The first kappa shape index (κ1) is 10.4. The van der Waals surface area contributed by atoms with Gasteiger partial charge in [0.05, 0.1) is 5.69 Å². The zero-order valence-corrected chi connectivity index (χ0v) is 7.84. The second kappa shape index (κ2) is 4.04. The molecule has 0 heterocycles. The average Bonchev–Trinajstić information content (AvgIpc) is 2.19. The number of carbonyl (C=O) groups is 1. The number of anilines is 1. The van der Waals surface area contributed by atoms with Gasteiger partial charge in [-0.25, -0.2) is 13.6 Å². The Labute approximate surface area is 80.3 Å². The van der Waals surface area contributed by atoms with E-state index in [4.69, 9.17) is 0 Å². The fraction of sp³-hybridized carbons (Fsp3) is 0.222. The van der Waals surface area contributed by atoms with Crippen LogP contribution in [0.2, 0.25) is 0 Å². The van der Waals surface area contributed by atoms with Crippen molar-refractivity contribution in [3.63, 3.8) is 0 Å². The van der Waals surface area contributed by atoms with Gasteiger partial charge >= 0.3 is 6.03 Å². The van der Waals surface area contributed by atoms with Crippen molar-refractivity contribution in [1.29, 1.82) is 0 Å². The first-order valence-corrected chi connectivity index (χ1v) is 3.96. The maximum Gasteiger partial charge on any atom is 0.321 e. The molecular formula is C9H10F2N2O. The molecule has 1 aromatic rings. The Morgan fingerprint density at radius 1 is 1.43 bits per heavy atom. The van der Waals surface area contributed by atoms with E-state index in [-0.39, 0.29) is 5.69 Å². The minimum absolute atomic E-state index is 0.0932. The van der Waals surface area contributed by atoms with E-state index in [1.54, 1.807) is 0 Å². The maximum absolute atomic E-state index is 13.1. The SMILES string of the molecule is CNC(=O)N(C)c1cc(F)ccc1F. The number of hydrogen-bond acceptors (Lipinski definition) is 1. The Morgan fingerprint density at radius 2 is 2.07 bits per heavy atom. The summed E-state index contributed by atoms with van der Waals surface area (Å²) in [7, 11) is 2.77. The topological polar surface area (TPSA) is 32.3 Å². The van der Waals surface area contributed by atoms with Gasteiger partial charge in [0.25, 0.3) is 0 Å². The lowest BCUT2D eigenvalue weighted by Gasteiger charge is -2.17. The quantitative estimate of drug-likeness (QED) is 0.735. The molecule has 0 aromatic heterocycles. The van der Waals surface area contributed by atoms with Crippen LogP contribution in [-0.4, -0.2) is 20.1 Å². The number of amides is 2. The van der Waals surface area contributed by atoms with Gasteiger partial charge in [-0.05, 0) is 12.1 Å². The lowest BCUT2D eigenvalue weighted by atomic mass is 10.3. The molecule has 0 bridgehead atoms. The Hall–Kier alpha value is -1.65. The maximum atomic E-state index is 13.1. The van der Waals surface area contributed by atoms with E-state index in [0.717, 1.165) is 23.1 Å². The monoisotopic (exact) mass is 200 g/mol. The second-order valence-electron chi connectivity index (χ2n) is 2.71. The first-order valence-electron chi connectivity index (χ1n) is 3.96. The van der Waals surface area contributed by atoms with E-state index in [1.165, 1.54) is 14.1 Å². The number of urea groups is 1. The molecule has 76 valence electrons. The van der Waals surface area contributed by atoms with E-state index >= 15 is 0 Å². The normalized spacial score (nSPS) is 9.71. The molecule has 0 spiro atoms. The van der Waals surface area contributed by atoms with Crippen LogP contribution in [0.1, 0.15) is 0 Å². The summed E-state index contributed by atoms with van der Waals surface area (Å²) in [6.07, 6.45) is 0. The summed E-state index contributed by atoms with van der Waals surface area (Å²) in [6, 6.07) is 2.43. The predicted molar refractivity (Wildman–Crippen MR) is 49.2 cm³/mol. The predicted octanol–water partition coefficient (Wildman–Crippen LogP) is 1.74. The van der Waals surface area contributed by atoms with Gasteiger partial charge in [-0.1, -0.05) is 0 Å². The number of nitrogens with one attached hydrogen (secondary N) is 1. The molecule has 0 atom stereocenters. The van der Waals surface area contributed by atoms with Crippen LogP contribution < -0.4 is 10.2 Å². The van der Waals surface area contributed by atoms with Crippen LogP contribution in [-0.2, 0) is 0 Å². The van der Waals surface area contributed by atoms with Gasteiger partial charge in [0.2, 0.25) is 0 Å². The van der Waals surface area contributed by atoms with E-state index < -0.39 is 17.7 Å². The smallest absolute Gasteiger partial charge is 0.321 e. The Morgan fingerprint density at radius 3 is 2.64 bits per heavy atom. The van der Waals surface area contributed by atoms with E-state index in [2.05, 4.69) is 5.32 Å². The van der Waals surface area contributed by atoms with Gasteiger partial charge < -0.3 is 5.32 Å². The molecule has 14 heavy (non-hydrogen) atoms. The highest BCUT2D eigenvalue weighted by Gasteiger charge is 2.13. The summed E-state index contributed by atoms with van der Waals surface area (Å²) >= 11 is 0. The van der Waals surface area contributed by atoms with Crippen molar-refractivity contribution in [1.82, 2.24) is 5.32 Å². The lowest BCUT2D eigenvalue weighted by Crippen LogP contribution is -2.35. The number of halogens is 2. The first-order chi connectivity index (χ1) is 6.56. The molecule has 0 aliphatic carbocycles. The molecular weight excluding hydrogens is 190 g/mol. The van der Waals surface area contributed by atoms with Crippen molar-refractivity contribution >= 4 is 11.7 Å². The van der Waals surface area contributed by atoms with Gasteiger partial charge in [-0.2, -0.15) is 0 Å². The van der Waals surface area contributed by atoms with Gasteiger partial charge in [0.15, 0.2) is 0 Å². The summed E-state index contributed by atoms with van der Waals surface area (Å²) in [6.45, 7) is 0. The number of rotatable bonds is 1. The molecule has 5 heteroatoms. The highest BCUT2D eigenvalue weighted by molar-refractivity contribution is 5.91. The van der Waals surface area contributed by atoms with Gasteiger partial charge in [0, 0.05) is 20.2 Å². The van der Waals surface area contributed by atoms with Gasteiger partial charge in [-0.15, -0.1) is 0 Å². The van der Waals surface area contributed by atoms with Crippen LogP contribution in [0.4, 0.5) is 19.3 Å². The van der Waals surface area contributed by atoms with Crippen molar-refractivity contribution in [3.8, 4) is 0 Å². The standard InChI is InChI=1S/C9H10F2N2O/c1-12-9(14)13(2)8-5-6(10)3-4-7(8)11/h3-5H,1-2H3,(H,12,14). The minimum Gasteiger partial charge on any atom is -0.341 e. The molecule has 0 saturated heterocycles. The van der Waals surface area contributed by atoms with Crippen molar-refractivity contribution in [2.45, 2.75) is 0 Å². The number of hydrogen-bond donors (Lipinski definition) is 1. The molecule has 1 N–H and O–H groups in total. The van der Waals surface area contributed by atoms with Crippen LogP contribution in [0.5, 0.6) is 0 Å². The highest BCUT2D eigenvalue weighted by Crippen LogP contribution is 2.18. The van der Waals surface area contributed by atoms with Gasteiger partial charge in [-0.3, -0.25) is 4.90 Å². The molecule has 2 amide bonds. The Bertz CT molecular complexity index is 355. The number of benzene rings is 1. The Balaban J connectivity index is 3.05. The zero-order valence-electron chi connectivity index (χ0n) is 7.84. The summed E-state index contributed by atoms with van der Waals surface area (Å²) in [5, 5.41) is 2.31. The lowest BCUT2D eigenvalue weighted by molar-refractivity contribution is 0.249. The molecule has 0 aliphatic rings. The van der Waals surface area contributed by atoms with Gasteiger partial charge in [0.1, 0.15) is 11.6 Å². The van der Waals surface area contributed by atoms with Crippen LogP contribution in [0.3, 0.4) is 0 Å². The third-order valence-corrected chi connectivity index (χ3v) is 1.79. The summed E-state index contributed by atoms with van der Waals surface area (Å²) < 4.78 is 25.9. The third kappa shape index (κ3) is 1.99. The molecule has 0 aliphatic heterocycles. The van der Waals surface area contributed by atoms with Crippen LogP contribution in [0, 0.1) is 11.6 Å². The molecule has 0 saturated carbocycles. The zero-order chi connectivity index (χ0) is 10.7. The summed E-state index contributed by atoms with van der Waals surface area (Å²) in [5.74, 6) is -1.23. The molecule has 0 fully saturated rings. The van der Waals surface area contributed by atoms with E-state index in [0.29, 0.717) is 0 Å². The summed E-state index contributed by atoms with van der Waals surface area (Å²) in [4.78, 5) is 12.1. The number of nitrogens with zero attached hydrogens (tertiary/aromatic N) is 1. The molecule has 1 rings (SSSR count). The minimum atomic E-state index is -0.641. The Kier molecular flexibility index (Phi) is 3.01. The largest absolute Gasteiger partial charge is 0.341 e. The van der Waals surface area contributed by atoms with E-state index in [9.17, 15) is 13.6 Å². The average molecular weight is 200 g/mol. The van der Waals surface area contributed by atoms with Crippen LogP contribution >= 0.6 is 0 Å². The molecule has 1 aromatic carbocycles. The van der Waals surface area contributed by atoms with Crippen molar-refractivity contribution in [2.75, 3.05) is 19.0 Å². The third-order valence-electron chi connectivity index (χ3n) is 1.79. The fourth-order valence-corrected chi connectivity index (χ4v) is 1.02. The van der Waals surface area contributed by atoms with E-state index in [1.807, 2.05) is 0 Å². The molecule has 0 radical (unpaired) electrons. The molecule has 0 unspecified atom stereocenters. The van der Waals surface area contributed by atoms with Crippen molar-refractivity contribution < 1.29 is 13.6 Å². The molecule has 3 nitrogen and oxygen atoms in total. The van der Waals surface area contributed by atoms with Crippen LogP contribution in [0.15, 0.2) is 18.2 Å². The van der Waals surface area contributed by atoms with Crippen molar-refractivity contribution in [3.05, 3.63) is 29.8 Å². The fourth-order valence-electron chi connectivity index (χ4n) is 1.02. The highest BCUT2D eigenvalue weighted by atomic mass is 19.1. The van der Waals surface area contributed by atoms with Crippen molar-refractivity contribution in [2.24, 2.45) is 0 Å². The summed E-state index contributed by atoms with van der Waals surface area (Å²) in [5.41, 5.74) is -0.0932. The number of carbonyl (C=O) groups excluding carboxylic acids is 1. The second-order valence-corrected chi connectivity index (χ2v) is 2.71.